The second kappa shape index (κ2) is 2.87. The van der Waals surface area contributed by atoms with Gasteiger partial charge in [0.1, 0.15) is 0 Å². The van der Waals surface area contributed by atoms with Gasteiger partial charge in [0.05, 0.1) is 11.3 Å². The number of amides is 1. The lowest BCUT2D eigenvalue weighted by molar-refractivity contribution is 0.0998. The van der Waals surface area contributed by atoms with E-state index in [0.717, 1.165) is 18.5 Å². The van der Waals surface area contributed by atoms with Crippen LogP contribution in [0.1, 0.15) is 41.2 Å². The van der Waals surface area contributed by atoms with Crippen molar-refractivity contribution >= 4 is 5.91 Å². The van der Waals surface area contributed by atoms with E-state index in [2.05, 4.69) is 5.10 Å². The van der Waals surface area contributed by atoms with Crippen LogP contribution in [-0.2, 0) is 7.05 Å². The summed E-state index contributed by atoms with van der Waals surface area (Å²) in [6.45, 7) is 0. The molecule has 0 aliphatic heterocycles. The molecule has 1 heterocycles. The number of rotatable bonds is 2. The molecule has 13 heavy (non-hydrogen) atoms. The first-order chi connectivity index (χ1) is 6.18. The molecule has 1 aliphatic carbocycles. The molecule has 2 N–H and O–H groups in total. The Morgan fingerprint density at radius 1 is 1.69 bits per heavy atom. The topological polar surface area (TPSA) is 60.9 Å². The van der Waals surface area contributed by atoms with Crippen molar-refractivity contribution in [3.63, 3.8) is 0 Å². The minimum atomic E-state index is -0.366. The van der Waals surface area contributed by atoms with Crippen LogP contribution in [0.2, 0.25) is 0 Å². The molecular weight excluding hydrogens is 166 g/mol. The van der Waals surface area contributed by atoms with Gasteiger partial charge in [-0.1, -0.05) is 6.42 Å². The van der Waals surface area contributed by atoms with E-state index in [0.29, 0.717) is 11.5 Å². The first-order valence-corrected chi connectivity index (χ1v) is 4.52. The van der Waals surface area contributed by atoms with Crippen LogP contribution in [0.25, 0.3) is 0 Å². The van der Waals surface area contributed by atoms with Crippen molar-refractivity contribution in [2.45, 2.75) is 25.2 Å². The van der Waals surface area contributed by atoms with E-state index in [1.54, 1.807) is 10.9 Å². The van der Waals surface area contributed by atoms with Gasteiger partial charge in [-0.2, -0.15) is 5.10 Å². The van der Waals surface area contributed by atoms with Crippen LogP contribution in [0.15, 0.2) is 6.20 Å². The first kappa shape index (κ1) is 8.29. The number of carbonyl (C=O) groups is 1. The van der Waals surface area contributed by atoms with Crippen molar-refractivity contribution in [3.05, 3.63) is 17.5 Å². The van der Waals surface area contributed by atoms with Crippen LogP contribution in [0.4, 0.5) is 0 Å². The summed E-state index contributed by atoms with van der Waals surface area (Å²) < 4.78 is 1.66. The van der Waals surface area contributed by atoms with Gasteiger partial charge in [0.15, 0.2) is 0 Å². The third-order valence-corrected chi connectivity index (χ3v) is 2.61. The van der Waals surface area contributed by atoms with Crippen molar-refractivity contribution < 1.29 is 4.79 Å². The molecule has 1 aliphatic rings. The van der Waals surface area contributed by atoms with Crippen LogP contribution >= 0.6 is 0 Å². The molecule has 4 heteroatoms. The summed E-state index contributed by atoms with van der Waals surface area (Å²) in [5.41, 5.74) is 6.73. The Labute approximate surface area is 76.7 Å². The number of aryl methyl sites for hydroxylation is 1. The molecule has 0 radical (unpaired) electrons. The summed E-state index contributed by atoms with van der Waals surface area (Å²) in [5.74, 6) is 0.0960. The molecule has 0 saturated heterocycles. The maximum absolute atomic E-state index is 11.0. The minimum Gasteiger partial charge on any atom is -0.365 e. The van der Waals surface area contributed by atoms with Gasteiger partial charge in [0, 0.05) is 19.2 Å². The number of nitrogens with zero attached hydrogens (tertiary/aromatic N) is 2. The van der Waals surface area contributed by atoms with Gasteiger partial charge >= 0.3 is 0 Å². The number of carbonyl (C=O) groups excluding carboxylic acids is 1. The molecular formula is C9H13N3O. The molecule has 0 unspecified atom stereocenters. The molecule has 1 fully saturated rings. The summed E-state index contributed by atoms with van der Waals surface area (Å²) in [6.07, 6.45) is 5.21. The average Bonchev–Trinajstić information content (AvgIpc) is 2.27. The van der Waals surface area contributed by atoms with Crippen molar-refractivity contribution in [2.24, 2.45) is 12.8 Å². The molecule has 1 aromatic rings. The van der Waals surface area contributed by atoms with Gasteiger partial charge in [0.2, 0.25) is 0 Å². The third kappa shape index (κ3) is 1.32. The van der Waals surface area contributed by atoms with Crippen LogP contribution in [-0.4, -0.2) is 15.7 Å². The van der Waals surface area contributed by atoms with E-state index in [4.69, 9.17) is 5.73 Å². The molecule has 1 saturated carbocycles. The lowest BCUT2D eigenvalue weighted by atomic mass is 9.81. The SMILES string of the molecule is Cn1cc(C(N)=O)c(C2CCC2)n1. The Morgan fingerprint density at radius 3 is 2.85 bits per heavy atom. The Bertz CT molecular complexity index is 339. The second-order valence-electron chi connectivity index (χ2n) is 3.59. The molecule has 0 bridgehead atoms. The van der Waals surface area contributed by atoms with E-state index in [9.17, 15) is 4.79 Å². The zero-order valence-electron chi connectivity index (χ0n) is 7.66. The Balaban J connectivity index is 2.36. The predicted octanol–water partition coefficient (Wildman–Crippen LogP) is 0.787. The lowest BCUT2D eigenvalue weighted by Gasteiger charge is -2.23. The van der Waals surface area contributed by atoms with Crippen LogP contribution in [0, 0.1) is 0 Å². The van der Waals surface area contributed by atoms with Gasteiger partial charge in [-0.15, -0.1) is 0 Å². The fourth-order valence-corrected chi connectivity index (χ4v) is 1.68. The summed E-state index contributed by atoms with van der Waals surface area (Å²) in [4.78, 5) is 11.0. The smallest absolute Gasteiger partial charge is 0.252 e. The van der Waals surface area contributed by atoms with Crippen LogP contribution in [0.3, 0.4) is 0 Å². The van der Waals surface area contributed by atoms with E-state index >= 15 is 0 Å². The van der Waals surface area contributed by atoms with Crippen molar-refractivity contribution in [1.82, 2.24) is 9.78 Å². The highest BCUT2D eigenvalue weighted by Crippen LogP contribution is 2.36. The highest BCUT2D eigenvalue weighted by Gasteiger charge is 2.26. The average molecular weight is 179 g/mol. The Hall–Kier alpha value is -1.32. The summed E-state index contributed by atoms with van der Waals surface area (Å²) >= 11 is 0. The maximum atomic E-state index is 11.0. The number of hydrogen-bond acceptors (Lipinski definition) is 2. The molecule has 1 amide bonds. The van der Waals surface area contributed by atoms with Crippen molar-refractivity contribution in [3.8, 4) is 0 Å². The number of aromatic nitrogens is 2. The van der Waals surface area contributed by atoms with Crippen molar-refractivity contribution in [1.29, 1.82) is 0 Å². The molecule has 70 valence electrons. The summed E-state index contributed by atoms with van der Waals surface area (Å²) in [6, 6.07) is 0. The minimum absolute atomic E-state index is 0.366. The molecule has 2 rings (SSSR count). The van der Waals surface area contributed by atoms with Gasteiger partial charge in [-0.3, -0.25) is 9.48 Å². The molecule has 0 spiro atoms. The largest absolute Gasteiger partial charge is 0.365 e. The fraction of sp³-hybridized carbons (Fsp3) is 0.556. The monoisotopic (exact) mass is 179 g/mol. The summed E-state index contributed by atoms with van der Waals surface area (Å²) in [7, 11) is 1.81. The third-order valence-electron chi connectivity index (χ3n) is 2.61. The predicted molar refractivity (Wildman–Crippen MR) is 48.3 cm³/mol. The molecule has 0 aromatic carbocycles. The van der Waals surface area contributed by atoms with Crippen LogP contribution in [0.5, 0.6) is 0 Å². The highest BCUT2D eigenvalue weighted by atomic mass is 16.1. The zero-order chi connectivity index (χ0) is 9.42. The van der Waals surface area contributed by atoms with E-state index in [1.165, 1.54) is 6.42 Å². The van der Waals surface area contributed by atoms with Gasteiger partial charge in [0.25, 0.3) is 5.91 Å². The molecule has 4 nitrogen and oxygen atoms in total. The van der Waals surface area contributed by atoms with E-state index in [-0.39, 0.29) is 5.91 Å². The standard InChI is InChI=1S/C9H13N3O/c1-12-5-7(9(10)13)8(11-12)6-3-2-4-6/h5-6H,2-4H2,1H3,(H2,10,13). The van der Waals surface area contributed by atoms with Crippen molar-refractivity contribution in [2.75, 3.05) is 0 Å². The Morgan fingerprint density at radius 2 is 2.38 bits per heavy atom. The van der Waals surface area contributed by atoms with E-state index < -0.39 is 0 Å². The highest BCUT2D eigenvalue weighted by molar-refractivity contribution is 5.93. The maximum Gasteiger partial charge on any atom is 0.252 e. The van der Waals surface area contributed by atoms with E-state index in [1.807, 2.05) is 7.05 Å². The quantitative estimate of drug-likeness (QED) is 0.729. The number of primary amides is 1. The van der Waals surface area contributed by atoms with Gasteiger partial charge in [-0.25, -0.2) is 0 Å². The number of nitrogens with two attached hydrogens (primary N) is 1. The zero-order valence-corrected chi connectivity index (χ0v) is 7.66. The van der Waals surface area contributed by atoms with Gasteiger partial charge < -0.3 is 5.73 Å². The lowest BCUT2D eigenvalue weighted by Crippen LogP contribution is -2.17. The summed E-state index contributed by atoms with van der Waals surface area (Å²) in [5, 5.41) is 4.27. The van der Waals surface area contributed by atoms with Crippen LogP contribution < -0.4 is 5.73 Å². The van der Waals surface area contributed by atoms with Gasteiger partial charge in [-0.05, 0) is 12.8 Å². The first-order valence-electron chi connectivity index (χ1n) is 4.52. The molecule has 1 aromatic heterocycles. The normalized spacial score (nSPS) is 17.0. The second-order valence-corrected chi connectivity index (χ2v) is 3.59. The fourth-order valence-electron chi connectivity index (χ4n) is 1.68. The number of hydrogen-bond donors (Lipinski definition) is 1. The Kier molecular flexibility index (Phi) is 1.83. The molecule has 0 atom stereocenters.